The molecule has 2 aromatic carbocycles. The first kappa shape index (κ1) is 25.2. The number of rotatable bonds is 9. The number of aryl methyl sites for hydroxylation is 1. The highest BCUT2D eigenvalue weighted by atomic mass is 79.9. The maximum Gasteiger partial charge on any atom is 0.347 e. The molecule has 10 heteroatoms. The minimum Gasteiger partial charge on any atom is -0.493 e. The second-order valence-corrected chi connectivity index (χ2v) is 8.09. The van der Waals surface area contributed by atoms with Crippen LogP contribution in [-0.2, 0) is 16.0 Å². The molecule has 1 heterocycles. The zero-order chi connectivity index (χ0) is 24.8. The Bertz CT molecular complexity index is 1260. The number of ether oxygens (including phenoxy) is 4. The molecule has 1 atom stereocenters. The summed E-state index contributed by atoms with van der Waals surface area (Å²) in [6.07, 6.45) is 1.16. The van der Waals surface area contributed by atoms with E-state index >= 15 is 0 Å². The highest BCUT2D eigenvalue weighted by Gasteiger charge is 2.22. The van der Waals surface area contributed by atoms with Crippen LogP contribution in [0, 0.1) is 0 Å². The molecule has 3 aromatic rings. The number of fused-ring (bicyclic) bond motifs is 1. The molecule has 0 radical (unpaired) electrons. The Hall–Kier alpha value is -3.40. The van der Waals surface area contributed by atoms with Crippen LogP contribution in [0.3, 0.4) is 0 Å². The highest BCUT2D eigenvalue weighted by molar-refractivity contribution is 9.10. The van der Waals surface area contributed by atoms with Gasteiger partial charge >= 0.3 is 5.97 Å². The number of methoxy groups -OCH3 is 2. The number of nitrogens with zero attached hydrogens (tertiary/aromatic N) is 3. The second kappa shape index (κ2) is 11.1. The molecule has 180 valence electrons. The van der Waals surface area contributed by atoms with Gasteiger partial charge in [0.15, 0.2) is 17.6 Å². The van der Waals surface area contributed by atoms with Crippen LogP contribution in [0.2, 0.25) is 0 Å². The van der Waals surface area contributed by atoms with Crippen molar-refractivity contribution in [1.29, 1.82) is 0 Å². The Labute approximate surface area is 205 Å². The topological polar surface area (TPSA) is 101 Å². The molecule has 0 aliphatic heterocycles. The first-order valence-corrected chi connectivity index (χ1v) is 11.5. The van der Waals surface area contributed by atoms with Crippen molar-refractivity contribution in [3.05, 3.63) is 56.5 Å². The SMILES string of the molecule is CCOC(=O)[C@@H](C)Oc1c(OC)cc(C=Nn2c(CC)nc3ccc(Br)cc3c2=O)cc1OC. The van der Waals surface area contributed by atoms with E-state index in [1.165, 1.54) is 25.1 Å². The molecule has 0 unspecified atom stereocenters. The normalized spacial score (nSPS) is 12.1. The van der Waals surface area contributed by atoms with Gasteiger partial charge in [0, 0.05) is 16.5 Å². The molecule has 0 bridgehead atoms. The molecule has 0 saturated carbocycles. The lowest BCUT2D eigenvalue weighted by Crippen LogP contribution is -2.26. The van der Waals surface area contributed by atoms with Gasteiger partial charge < -0.3 is 18.9 Å². The summed E-state index contributed by atoms with van der Waals surface area (Å²) in [4.78, 5) is 29.7. The Morgan fingerprint density at radius 2 is 1.85 bits per heavy atom. The number of carbonyl (C=O) groups excluding carboxylic acids is 1. The summed E-state index contributed by atoms with van der Waals surface area (Å²) in [6.45, 7) is 5.45. The standard InChI is InChI=1S/C24H26BrN3O6/c1-6-21-27-18-9-8-16(25)12-17(18)23(29)28(21)26-13-15-10-19(31-4)22(20(11-15)32-5)34-14(3)24(30)33-7-2/h8-14H,6-7H2,1-5H3/t14-/m1/s1. The molecular weight excluding hydrogens is 506 g/mol. The van der Waals surface area contributed by atoms with Crippen molar-refractivity contribution < 1.29 is 23.7 Å². The van der Waals surface area contributed by atoms with E-state index in [1.807, 2.05) is 13.0 Å². The lowest BCUT2D eigenvalue weighted by molar-refractivity contribution is -0.150. The first-order chi connectivity index (χ1) is 16.3. The molecule has 0 aliphatic rings. The van der Waals surface area contributed by atoms with E-state index in [2.05, 4.69) is 26.0 Å². The Morgan fingerprint density at radius 1 is 1.18 bits per heavy atom. The average Bonchev–Trinajstić information content (AvgIpc) is 2.84. The van der Waals surface area contributed by atoms with Crippen LogP contribution in [0.1, 0.15) is 32.2 Å². The van der Waals surface area contributed by atoms with Crippen LogP contribution >= 0.6 is 15.9 Å². The van der Waals surface area contributed by atoms with E-state index in [4.69, 9.17) is 18.9 Å². The largest absolute Gasteiger partial charge is 0.493 e. The molecule has 1 aromatic heterocycles. The summed E-state index contributed by atoms with van der Waals surface area (Å²) < 4.78 is 23.7. The average molecular weight is 532 g/mol. The van der Waals surface area contributed by atoms with E-state index in [1.54, 1.807) is 38.1 Å². The monoisotopic (exact) mass is 531 g/mol. The number of carbonyl (C=O) groups is 1. The van der Waals surface area contributed by atoms with Gasteiger partial charge in [0.2, 0.25) is 5.75 Å². The molecule has 0 amide bonds. The van der Waals surface area contributed by atoms with E-state index in [9.17, 15) is 9.59 Å². The van der Waals surface area contributed by atoms with Gasteiger partial charge in [0.25, 0.3) is 5.56 Å². The van der Waals surface area contributed by atoms with Crippen LogP contribution < -0.4 is 19.8 Å². The van der Waals surface area contributed by atoms with Gasteiger partial charge in [-0.1, -0.05) is 22.9 Å². The van der Waals surface area contributed by atoms with E-state index in [-0.39, 0.29) is 17.9 Å². The summed E-state index contributed by atoms with van der Waals surface area (Å²) in [6, 6.07) is 8.69. The van der Waals surface area contributed by atoms with E-state index in [0.29, 0.717) is 40.2 Å². The minimum absolute atomic E-state index is 0.246. The van der Waals surface area contributed by atoms with Crippen molar-refractivity contribution in [2.24, 2.45) is 5.10 Å². The first-order valence-electron chi connectivity index (χ1n) is 10.7. The molecule has 0 aliphatic carbocycles. The Morgan fingerprint density at radius 3 is 2.44 bits per heavy atom. The predicted molar refractivity (Wildman–Crippen MR) is 132 cm³/mol. The maximum atomic E-state index is 13.1. The molecule has 0 saturated heterocycles. The zero-order valence-electron chi connectivity index (χ0n) is 19.6. The molecule has 0 spiro atoms. The van der Waals surface area contributed by atoms with Gasteiger partial charge in [0.1, 0.15) is 5.82 Å². The van der Waals surface area contributed by atoms with E-state index < -0.39 is 12.1 Å². The highest BCUT2D eigenvalue weighted by Crippen LogP contribution is 2.39. The summed E-state index contributed by atoms with van der Waals surface area (Å²) in [5, 5.41) is 4.85. The van der Waals surface area contributed by atoms with Crippen molar-refractivity contribution in [2.75, 3.05) is 20.8 Å². The molecule has 9 nitrogen and oxygen atoms in total. The third-order valence-electron chi connectivity index (χ3n) is 4.91. The number of aromatic nitrogens is 2. The Balaban J connectivity index is 2.02. The van der Waals surface area contributed by atoms with Crippen LogP contribution in [0.5, 0.6) is 17.2 Å². The predicted octanol–water partition coefficient (Wildman–Crippen LogP) is 3.95. The van der Waals surface area contributed by atoms with Crippen LogP contribution in [0.25, 0.3) is 10.9 Å². The summed E-state index contributed by atoms with van der Waals surface area (Å²) in [7, 11) is 2.95. The lowest BCUT2D eigenvalue weighted by Gasteiger charge is -2.18. The lowest BCUT2D eigenvalue weighted by atomic mass is 10.2. The number of hydrogen-bond donors (Lipinski definition) is 0. The fourth-order valence-corrected chi connectivity index (χ4v) is 3.60. The number of benzene rings is 2. The van der Waals surface area contributed by atoms with Crippen molar-refractivity contribution in [2.45, 2.75) is 33.3 Å². The smallest absolute Gasteiger partial charge is 0.347 e. The van der Waals surface area contributed by atoms with Crippen molar-refractivity contribution >= 4 is 39.0 Å². The van der Waals surface area contributed by atoms with Gasteiger partial charge in [-0.15, -0.1) is 0 Å². The fourth-order valence-electron chi connectivity index (χ4n) is 3.24. The van der Waals surface area contributed by atoms with Crippen molar-refractivity contribution in [3.8, 4) is 17.2 Å². The van der Waals surface area contributed by atoms with Crippen molar-refractivity contribution in [3.63, 3.8) is 0 Å². The summed E-state index contributed by atoms with van der Waals surface area (Å²) >= 11 is 3.39. The number of hydrogen-bond acceptors (Lipinski definition) is 8. The molecule has 34 heavy (non-hydrogen) atoms. The second-order valence-electron chi connectivity index (χ2n) is 7.17. The quantitative estimate of drug-likeness (QED) is 0.304. The summed E-state index contributed by atoms with van der Waals surface area (Å²) in [5.41, 5.74) is 0.923. The third-order valence-corrected chi connectivity index (χ3v) is 5.40. The van der Waals surface area contributed by atoms with Crippen LogP contribution in [0.4, 0.5) is 0 Å². The third kappa shape index (κ3) is 5.39. The zero-order valence-corrected chi connectivity index (χ0v) is 21.2. The molecule has 3 rings (SSSR count). The van der Waals surface area contributed by atoms with Crippen LogP contribution in [0.15, 0.2) is 44.7 Å². The van der Waals surface area contributed by atoms with Gasteiger partial charge in [-0.2, -0.15) is 9.78 Å². The van der Waals surface area contributed by atoms with Crippen molar-refractivity contribution in [1.82, 2.24) is 9.66 Å². The van der Waals surface area contributed by atoms with Gasteiger partial charge in [-0.3, -0.25) is 4.79 Å². The van der Waals surface area contributed by atoms with Gasteiger partial charge in [-0.25, -0.2) is 9.78 Å². The Kier molecular flexibility index (Phi) is 8.27. The summed E-state index contributed by atoms with van der Waals surface area (Å²) in [5.74, 6) is 0.949. The minimum atomic E-state index is -0.865. The molecule has 0 fully saturated rings. The number of halogens is 1. The van der Waals surface area contributed by atoms with E-state index in [0.717, 1.165) is 4.47 Å². The molecule has 0 N–H and O–H groups in total. The number of esters is 1. The van der Waals surface area contributed by atoms with Gasteiger partial charge in [-0.05, 0) is 44.2 Å². The fraction of sp³-hybridized carbons (Fsp3) is 0.333. The molecular formula is C24H26BrN3O6. The van der Waals surface area contributed by atoms with Gasteiger partial charge in [0.05, 0.1) is 37.9 Å². The van der Waals surface area contributed by atoms with Crippen LogP contribution in [-0.4, -0.2) is 48.8 Å². The maximum absolute atomic E-state index is 13.1.